The molecule has 146 valence electrons. The van der Waals surface area contributed by atoms with Crippen LogP contribution in [-0.4, -0.2) is 25.5 Å². The monoisotopic (exact) mass is 389 g/mol. The molecule has 0 unspecified atom stereocenters. The van der Waals surface area contributed by atoms with E-state index in [4.69, 9.17) is 19.7 Å². The standard InChI is InChI=1S/C22H19N3O4/c1-27-20-11-16-15-9-5-6-10-18(15)29-19(16)12-17(20)24-21(26)13-28-25-22(23)14-7-3-2-4-8-14/h2-12H,13H2,1H3,(H2,23,25)(H,24,26). The van der Waals surface area contributed by atoms with E-state index in [1.165, 1.54) is 0 Å². The Morgan fingerprint density at radius 1 is 1.03 bits per heavy atom. The molecule has 0 atom stereocenters. The van der Waals surface area contributed by atoms with E-state index >= 15 is 0 Å². The first-order chi connectivity index (χ1) is 14.2. The fourth-order valence-corrected chi connectivity index (χ4v) is 3.03. The number of amides is 1. The second-order valence-corrected chi connectivity index (χ2v) is 6.31. The molecular formula is C22H19N3O4. The van der Waals surface area contributed by atoms with Gasteiger partial charge in [0.25, 0.3) is 5.91 Å². The van der Waals surface area contributed by atoms with Gasteiger partial charge in [-0.15, -0.1) is 0 Å². The van der Waals surface area contributed by atoms with Crippen molar-refractivity contribution < 1.29 is 18.8 Å². The van der Waals surface area contributed by atoms with Gasteiger partial charge in [-0.05, 0) is 12.1 Å². The normalized spacial score (nSPS) is 11.6. The summed E-state index contributed by atoms with van der Waals surface area (Å²) in [5, 5.41) is 8.42. The maximum Gasteiger partial charge on any atom is 0.265 e. The molecule has 7 nitrogen and oxygen atoms in total. The number of nitrogens with one attached hydrogen (secondary N) is 1. The first kappa shape index (κ1) is 18.4. The Labute approximate surface area is 166 Å². The van der Waals surface area contributed by atoms with Crippen molar-refractivity contribution in [3.8, 4) is 5.75 Å². The van der Waals surface area contributed by atoms with Crippen molar-refractivity contribution in [1.29, 1.82) is 0 Å². The molecule has 4 rings (SSSR count). The van der Waals surface area contributed by atoms with Crippen LogP contribution in [-0.2, 0) is 9.63 Å². The average Bonchev–Trinajstić information content (AvgIpc) is 3.11. The van der Waals surface area contributed by atoms with Crippen molar-refractivity contribution >= 4 is 39.4 Å². The summed E-state index contributed by atoms with van der Waals surface area (Å²) >= 11 is 0. The zero-order chi connectivity index (χ0) is 20.2. The van der Waals surface area contributed by atoms with Gasteiger partial charge >= 0.3 is 0 Å². The van der Waals surface area contributed by atoms with Crippen molar-refractivity contribution in [2.45, 2.75) is 0 Å². The number of fused-ring (bicyclic) bond motifs is 3. The lowest BCUT2D eigenvalue weighted by molar-refractivity contribution is -0.120. The summed E-state index contributed by atoms with van der Waals surface area (Å²) in [5.41, 5.74) is 8.45. The quantitative estimate of drug-likeness (QED) is 0.296. The van der Waals surface area contributed by atoms with Gasteiger partial charge in [0.15, 0.2) is 12.4 Å². The number of carbonyl (C=O) groups excluding carboxylic acids is 1. The third kappa shape index (κ3) is 3.84. The van der Waals surface area contributed by atoms with Gasteiger partial charge in [-0.2, -0.15) is 0 Å². The van der Waals surface area contributed by atoms with Crippen LogP contribution < -0.4 is 15.8 Å². The van der Waals surface area contributed by atoms with Gasteiger partial charge in [0, 0.05) is 22.4 Å². The van der Waals surface area contributed by atoms with Crippen LogP contribution in [0.3, 0.4) is 0 Å². The van der Waals surface area contributed by atoms with Crippen LogP contribution in [0.5, 0.6) is 5.75 Å². The van der Waals surface area contributed by atoms with Crippen molar-refractivity contribution in [2.75, 3.05) is 19.0 Å². The first-order valence-corrected chi connectivity index (χ1v) is 8.95. The SMILES string of the molecule is COc1cc2c(cc1NC(=O)CO/N=C(/N)c1ccccc1)oc1ccccc12. The number of rotatable bonds is 6. The highest BCUT2D eigenvalue weighted by molar-refractivity contribution is 6.07. The van der Waals surface area contributed by atoms with Crippen LogP contribution >= 0.6 is 0 Å². The van der Waals surface area contributed by atoms with E-state index in [1.54, 1.807) is 25.3 Å². The molecule has 1 aromatic heterocycles. The Hall–Kier alpha value is -4.00. The number of hydrogen-bond acceptors (Lipinski definition) is 5. The molecule has 0 bridgehead atoms. The van der Waals surface area contributed by atoms with Crippen LogP contribution in [0.2, 0.25) is 0 Å². The highest BCUT2D eigenvalue weighted by Gasteiger charge is 2.14. The van der Waals surface area contributed by atoms with Crippen LogP contribution in [0, 0.1) is 0 Å². The summed E-state index contributed by atoms with van der Waals surface area (Å²) in [4.78, 5) is 17.4. The Morgan fingerprint density at radius 2 is 1.79 bits per heavy atom. The number of methoxy groups -OCH3 is 1. The minimum atomic E-state index is -0.400. The molecule has 0 aliphatic heterocycles. The third-order valence-electron chi connectivity index (χ3n) is 4.40. The van der Waals surface area contributed by atoms with Crippen molar-refractivity contribution in [3.63, 3.8) is 0 Å². The number of furan rings is 1. The lowest BCUT2D eigenvalue weighted by atomic mass is 10.1. The van der Waals surface area contributed by atoms with Crippen LogP contribution in [0.15, 0.2) is 76.3 Å². The van der Waals surface area contributed by atoms with E-state index in [-0.39, 0.29) is 12.4 Å². The summed E-state index contributed by atoms with van der Waals surface area (Å²) < 4.78 is 11.3. The molecule has 3 N–H and O–H groups in total. The highest BCUT2D eigenvalue weighted by Crippen LogP contribution is 2.36. The van der Waals surface area contributed by atoms with Crippen molar-refractivity contribution in [2.24, 2.45) is 10.9 Å². The molecule has 0 spiro atoms. The minimum absolute atomic E-state index is 0.194. The molecular weight excluding hydrogens is 370 g/mol. The molecule has 0 radical (unpaired) electrons. The Bertz CT molecular complexity index is 1200. The molecule has 0 aliphatic rings. The van der Waals surface area contributed by atoms with Crippen LogP contribution in [0.1, 0.15) is 5.56 Å². The molecule has 0 saturated heterocycles. The van der Waals surface area contributed by atoms with E-state index in [0.717, 1.165) is 16.4 Å². The molecule has 0 saturated carbocycles. The zero-order valence-electron chi connectivity index (χ0n) is 15.7. The number of amidine groups is 1. The minimum Gasteiger partial charge on any atom is -0.495 e. The predicted octanol–water partition coefficient (Wildman–Crippen LogP) is 3.87. The second kappa shape index (κ2) is 7.93. The molecule has 1 amide bonds. The number of carbonyl (C=O) groups is 1. The van der Waals surface area contributed by atoms with Gasteiger partial charge in [0.05, 0.1) is 12.8 Å². The molecule has 1 heterocycles. The zero-order valence-corrected chi connectivity index (χ0v) is 15.7. The summed E-state index contributed by atoms with van der Waals surface area (Å²) in [6, 6.07) is 20.4. The van der Waals surface area contributed by atoms with Gasteiger partial charge in [-0.1, -0.05) is 53.7 Å². The smallest absolute Gasteiger partial charge is 0.265 e. The van der Waals surface area contributed by atoms with Crippen LogP contribution in [0.25, 0.3) is 21.9 Å². The van der Waals surface area contributed by atoms with E-state index in [9.17, 15) is 4.79 Å². The summed E-state index contributed by atoms with van der Waals surface area (Å²) in [5.74, 6) is 0.313. The lowest BCUT2D eigenvalue weighted by Gasteiger charge is -2.10. The van der Waals surface area contributed by atoms with E-state index < -0.39 is 5.91 Å². The molecule has 29 heavy (non-hydrogen) atoms. The molecule has 0 aliphatic carbocycles. The number of hydrogen-bond donors (Lipinski definition) is 2. The van der Waals surface area contributed by atoms with Gasteiger partial charge < -0.3 is 25.0 Å². The highest BCUT2D eigenvalue weighted by atomic mass is 16.6. The number of oxime groups is 1. The van der Waals surface area contributed by atoms with Crippen LogP contribution in [0.4, 0.5) is 5.69 Å². The number of anilines is 1. The summed E-state index contributed by atoms with van der Waals surface area (Å²) in [6.45, 7) is -0.297. The van der Waals surface area contributed by atoms with E-state index in [2.05, 4.69) is 10.5 Å². The molecule has 4 aromatic rings. The van der Waals surface area contributed by atoms with E-state index in [1.807, 2.05) is 48.5 Å². The van der Waals surface area contributed by atoms with Crippen molar-refractivity contribution in [1.82, 2.24) is 0 Å². The summed E-state index contributed by atoms with van der Waals surface area (Å²) in [6.07, 6.45) is 0. The maximum atomic E-state index is 12.3. The predicted molar refractivity (Wildman–Crippen MR) is 112 cm³/mol. The maximum absolute atomic E-state index is 12.3. The Morgan fingerprint density at radius 3 is 2.59 bits per heavy atom. The number of ether oxygens (including phenoxy) is 1. The number of benzene rings is 3. The summed E-state index contributed by atoms with van der Waals surface area (Å²) in [7, 11) is 1.54. The fraction of sp³-hybridized carbons (Fsp3) is 0.0909. The molecule has 7 heteroatoms. The average molecular weight is 389 g/mol. The van der Waals surface area contributed by atoms with Gasteiger partial charge in [-0.3, -0.25) is 4.79 Å². The fourth-order valence-electron chi connectivity index (χ4n) is 3.03. The van der Waals surface area contributed by atoms with Gasteiger partial charge in [0.2, 0.25) is 0 Å². The molecule has 0 fully saturated rings. The van der Waals surface area contributed by atoms with Gasteiger partial charge in [0.1, 0.15) is 16.9 Å². The van der Waals surface area contributed by atoms with Crippen molar-refractivity contribution in [3.05, 3.63) is 72.3 Å². The number of nitrogens with zero attached hydrogens (tertiary/aromatic N) is 1. The largest absolute Gasteiger partial charge is 0.495 e. The number of nitrogens with two attached hydrogens (primary N) is 1. The van der Waals surface area contributed by atoms with E-state index in [0.29, 0.717) is 22.6 Å². The third-order valence-corrected chi connectivity index (χ3v) is 4.40. The second-order valence-electron chi connectivity index (χ2n) is 6.31. The topological polar surface area (TPSA) is 99.1 Å². The van der Waals surface area contributed by atoms with Gasteiger partial charge in [-0.25, -0.2) is 0 Å². The molecule has 3 aromatic carbocycles. The lowest BCUT2D eigenvalue weighted by Crippen LogP contribution is -2.19. The Balaban J connectivity index is 1.49. The Kier molecular flexibility index (Phi) is 5.03. The first-order valence-electron chi connectivity index (χ1n) is 8.95. The number of para-hydroxylation sites is 1.